The summed E-state index contributed by atoms with van der Waals surface area (Å²) in [4.78, 5) is 25.3. The van der Waals surface area contributed by atoms with Gasteiger partial charge in [-0.1, -0.05) is 0 Å². The molecule has 0 aromatic rings. The van der Waals surface area contributed by atoms with Gasteiger partial charge in [0.15, 0.2) is 0 Å². The van der Waals surface area contributed by atoms with E-state index in [-0.39, 0.29) is 18.3 Å². The Balaban J connectivity index is 3.18. The third-order valence-corrected chi connectivity index (χ3v) is 2.17. The van der Waals surface area contributed by atoms with Crippen molar-refractivity contribution in [3.63, 3.8) is 0 Å². The minimum Gasteiger partial charge on any atom is -0.394 e. The van der Waals surface area contributed by atoms with Crippen LogP contribution >= 0.6 is 0 Å². The van der Waals surface area contributed by atoms with Crippen LogP contribution in [0.3, 0.4) is 0 Å². The van der Waals surface area contributed by atoms with E-state index in [9.17, 15) is 9.59 Å². The summed E-state index contributed by atoms with van der Waals surface area (Å²) < 4.78 is 0. The topological polar surface area (TPSA) is 111 Å². The van der Waals surface area contributed by atoms with Gasteiger partial charge in [-0.15, -0.1) is 0 Å². The maximum atomic E-state index is 11.0. The second-order valence-electron chi connectivity index (χ2n) is 3.31. The SMILES string of the molecule is CC1NC=CC(=C(N)C(N)=O)C1=NCC=O. The van der Waals surface area contributed by atoms with Crippen molar-refractivity contribution >= 4 is 17.9 Å². The summed E-state index contributed by atoms with van der Waals surface area (Å²) in [5.41, 5.74) is 11.7. The Morgan fingerprint density at radius 2 is 2.31 bits per heavy atom. The molecule has 1 rings (SSSR count). The van der Waals surface area contributed by atoms with Crippen molar-refractivity contribution in [3.8, 4) is 0 Å². The lowest BCUT2D eigenvalue weighted by atomic mass is 9.99. The van der Waals surface area contributed by atoms with Crippen LogP contribution in [0.2, 0.25) is 0 Å². The molecule has 0 aliphatic carbocycles. The van der Waals surface area contributed by atoms with Gasteiger partial charge in [0.2, 0.25) is 0 Å². The largest absolute Gasteiger partial charge is 0.394 e. The zero-order valence-corrected chi connectivity index (χ0v) is 8.93. The lowest BCUT2D eigenvalue weighted by Crippen LogP contribution is -2.37. The van der Waals surface area contributed by atoms with Crippen LogP contribution in [0.4, 0.5) is 0 Å². The van der Waals surface area contributed by atoms with E-state index in [0.717, 1.165) is 0 Å². The van der Waals surface area contributed by atoms with E-state index < -0.39 is 5.91 Å². The summed E-state index contributed by atoms with van der Waals surface area (Å²) in [5.74, 6) is -0.701. The molecule has 0 saturated heterocycles. The highest BCUT2D eigenvalue weighted by atomic mass is 16.1. The number of carbonyl (C=O) groups excluding carboxylic acids is 2. The van der Waals surface area contributed by atoms with Crippen LogP contribution in [0.25, 0.3) is 0 Å². The van der Waals surface area contributed by atoms with Crippen LogP contribution in [0.5, 0.6) is 0 Å². The van der Waals surface area contributed by atoms with Gasteiger partial charge in [-0.2, -0.15) is 0 Å². The highest BCUT2D eigenvalue weighted by Crippen LogP contribution is 2.12. The highest BCUT2D eigenvalue weighted by Gasteiger charge is 2.20. The number of carbonyl (C=O) groups is 2. The fourth-order valence-corrected chi connectivity index (χ4v) is 1.39. The molecule has 1 heterocycles. The molecule has 1 amide bonds. The summed E-state index contributed by atoms with van der Waals surface area (Å²) >= 11 is 0. The Bertz CT molecular complexity index is 396. The van der Waals surface area contributed by atoms with Gasteiger partial charge in [0, 0.05) is 5.57 Å². The molecule has 86 valence electrons. The van der Waals surface area contributed by atoms with Gasteiger partial charge in [0.1, 0.15) is 12.0 Å². The minimum atomic E-state index is -0.701. The highest BCUT2D eigenvalue weighted by molar-refractivity contribution is 6.12. The first-order chi connectivity index (χ1) is 7.57. The van der Waals surface area contributed by atoms with Crippen molar-refractivity contribution in [2.45, 2.75) is 13.0 Å². The maximum Gasteiger partial charge on any atom is 0.265 e. The molecule has 1 atom stereocenters. The van der Waals surface area contributed by atoms with E-state index in [1.54, 1.807) is 12.3 Å². The number of nitrogens with one attached hydrogen (secondary N) is 1. The third-order valence-electron chi connectivity index (χ3n) is 2.17. The Morgan fingerprint density at radius 1 is 1.62 bits per heavy atom. The van der Waals surface area contributed by atoms with E-state index >= 15 is 0 Å². The molecule has 0 bridgehead atoms. The Kier molecular flexibility index (Phi) is 3.82. The molecule has 0 fully saturated rings. The molecule has 0 spiro atoms. The molecule has 5 N–H and O–H groups in total. The van der Waals surface area contributed by atoms with E-state index in [0.29, 0.717) is 17.6 Å². The zero-order valence-electron chi connectivity index (χ0n) is 8.93. The van der Waals surface area contributed by atoms with Crippen molar-refractivity contribution in [1.29, 1.82) is 0 Å². The summed E-state index contributed by atoms with van der Waals surface area (Å²) in [6.07, 6.45) is 3.95. The first kappa shape index (κ1) is 12.0. The number of nitrogens with two attached hydrogens (primary N) is 2. The molecule has 1 aliphatic heterocycles. The van der Waals surface area contributed by atoms with Crippen LogP contribution in [0, 0.1) is 0 Å². The lowest BCUT2D eigenvalue weighted by Gasteiger charge is -2.21. The molecular weight excluding hydrogens is 208 g/mol. The number of aliphatic imine (C=N–C) groups is 1. The van der Waals surface area contributed by atoms with Crippen LogP contribution in [0.15, 0.2) is 28.5 Å². The van der Waals surface area contributed by atoms with Gasteiger partial charge in [0.05, 0.1) is 18.3 Å². The molecule has 0 saturated carbocycles. The van der Waals surface area contributed by atoms with Crippen LogP contribution in [-0.2, 0) is 9.59 Å². The number of hydrogen-bond donors (Lipinski definition) is 3. The molecule has 0 aromatic carbocycles. The fraction of sp³-hybridized carbons (Fsp3) is 0.300. The van der Waals surface area contributed by atoms with Crippen LogP contribution < -0.4 is 16.8 Å². The molecule has 1 aliphatic rings. The Hall–Kier alpha value is -2.11. The average molecular weight is 222 g/mol. The monoisotopic (exact) mass is 222 g/mol. The fourth-order valence-electron chi connectivity index (χ4n) is 1.39. The van der Waals surface area contributed by atoms with Gasteiger partial charge >= 0.3 is 0 Å². The predicted molar refractivity (Wildman–Crippen MR) is 60.5 cm³/mol. The summed E-state index contributed by atoms with van der Waals surface area (Å²) in [7, 11) is 0. The van der Waals surface area contributed by atoms with E-state index in [4.69, 9.17) is 11.5 Å². The van der Waals surface area contributed by atoms with E-state index in [1.807, 2.05) is 6.92 Å². The summed E-state index contributed by atoms with van der Waals surface area (Å²) in [5, 5.41) is 3.00. The standard InChI is InChI=1S/C10H14N4O2/c1-6-9(14-4-5-15)7(2-3-13-6)8(11)10(12)16/h2-3,5-6,13H,4,11H2,1H3,(H2,12,16). The number of nitrogens with zero attached hydrogens (tertiary/aromatic N) is 1. The third kappa shape index (κ3) is 2.47. The van der Waals surface area contributed by atoms with Crippen LogP contribution in [0.1, 0.15) is 6.92 Å². The normalized spacial score (nSPS) is 25.1. The van der Waals surface area contributed by atoms with Crippen molar-refractivity contribution in [2.24, 2.45) is 16.5 Å². The van der Waals surface area contributed by atoms with Crippen LogP contribution in [-0.4, -0.2) is 30.5 Å². The Labute approximate surface area is 93.1 Å². The van der Waals surface area contributed by atoms with Gasteiger partial charge in [-0.05, 0) is 19.2 Å². The lowest BCUT2D eigenvalue weighted by molar-refractivity contribution is -0.114. The predicted octanol–water partition coefficient (Wildman–Crippen LogP) is -1.17. The average Bonchev–Trinajstić information content (AvgIpc) is 2.26. The van der Waals surface area contributed by atoms with Crippen molar-refractivity contribution in [3.05, 3.63) is 23.5 Å². The minimum absolute atomic E-state index is 0.0325. The second kappa shape index (κ2) is 5.11. The van der Waals surface area contributed by atoms with Gasteiger partial charge in [0.25, 0.3) is 5.91 Å². The van der Waals surface area contributed by atoms with Crippen molar-refractivity contribution < 1.29 is 9.59 Å². The molecular formula is C10H14N4O2. The second-order valence-corrected chi connectivity index (χ2v) is 3.31. The number of amides is 1. The molecule has 6 nitrogen and oxygen atoms in total. The van der Waals surface area contributed by atoms with Crippen molar-refractivity contribution in [1.82, 2.24) is 5.32 Å². The number of allylic oxidation sites excluding steroid dienone is 1. The number of aldehydes is 1. The number of rotatable bonds is 3. The van der Waals surface area contributed by atoms with Gasteiger partial charge in [-0.25, -0.2) is 0 Å². The molecule has 6 heteroatoms. The summed E-state index contributed by atoms with van der Waals surface area (Å²) in [6.45, 7) is 1.88. The number of primary amides is 1. The zero-order chi connectivity index (χ0) is 12.1. The van der Waals surface area contributed by atoms with Gasteiger partial charge < -0.3 is 21.6 Å². The van der Waals surface area contributed by atoms with E-state index in [1.165, 1.54) is 0 Å². The van der Waals surface area contributed by atoms with E-state index in [2.05, 4.69) is 10.3 Å². The first-order valence-electron chi connectivity index (χ1n) is 4.78. The smallest absolute Gasteiger partial charge is 0.265 e. The maximum absolute atomic E-state index is 11.0. The molecule has 0 radical (unpaired) electrons. The number of hydrogen-bond acceptors (Lipinski definition) is 5. The first-order valence-corrected chi connectivity index (χ1v) is 4.78. The van der Waals surface area contributed by atoms with Gasteiger partial charge in [-0.3, -0.25) is 9.79 Å². The quantitative estimate of drug-likeness (QED) is 0.412. The van der Waals surface area contributed by atoms with Crippen molar-refractivity contribution in [2.75, 3.05) is 6.54 Å². The molecule has 1 unspecified atom stereocenters. The summed E-state index contributed by atoms with van der Waals surface area (Å²) in [6, 6.07) is -0.113. The molecule has 0 aromatic heterocycles. The molecule has 16 heavy (non-hydrogen) atoms. The Morgan fingerprint density at radius 3 is 2.88 bits per heavy atom.